The van der Waals surface area contributed by atoms with Crippen LogP contribution < -0.4 is 10.4 Å². The van der Waals surface area contributed by atoms with Crippen LogP contribution in [0.1, 0.15) is 12.5 Å². The summed E-state index contributed by atoms with van der Waals surface area (Å²) >= 11 is 1.97. The maximum atomic E-state index is 12.0. The average Bonchev–Trinajstić information content (AvgIpc) is 3.02. The van der Waals surface area contributed by atoms with Gasteiger partial charge in [-0.2, -0.15) is 4.68 Å². The SMILES string of the molecule is [3H]c1ccc(OCc2c(-n3nnn(C)c3=O)noc2I)c(C)c1. The summed E-state index contributed by atoms with van der Waals surface area (Å²) in [6, 6.07) is 5.50. The molecular formula is C13H12IN5O3. The standard InChI is InChI=1S/C13H12IN5O3/c1-8-5-3-4-6-10(8)21-7-9-11(14)22-15-12(9)19-13(20)18(2)16-17-19/h3-6H,7H2,1-2H3/i3T. The molecular weight excluding hydrogens is 401 g/mol. The fraction of sp³-hybridized carbons (Fsp3) is 0.231. The van der Waals surface area contributed by atoms with E-state index >= 15 is 0 Å². The molecule has 8 nitrogen and oxygen atoms in total. The van der Waals surface area contributed by atoms with Crippen LogP contribution in [-0.2, 0) is 13.7 Å². The molecule has 114 valence electrons. The minimum atomic E-state index is -0.425. The van der Waals surface area contributed by atoms with E-state index in [1.807, 2.05) is 29.5 Å². The van der Waals surface area contributed by atoms with Gasteiger partial charge in [-0.25, -0.2) is 4.79 Å². The highest BCUT2D eigenvalue weighted by atomic mass is 127. The van der Waals surface area contributed by atoms with Gasteiger partial charge < -0.3 is 9.26 Å². The molecule has 0 aliphatic rings. The fourth-order valence-electron chi connectivity index (χ4n) is 1.83. The zero-order chi connectivity index (χ0) is 16.6. The van der Waals surface area contributed by atoms with E-state index in [2.05, 4.69) is 15.6 Å². The van der Waals surface area contributed by atoms with Gasteiger partial charge in [-0.1, -0.05) is 23.3 Å². The number of aryl methyl sites for hydroxylation is 2. The maximum absolute atomic E-state index is 12.0. The van der Waals surface area contributed by atoms with Gasteiger partial charge in [0, 0.05) is 29.6 Å². The number of rotatable bonds is 4. The Bertz CT molecular complexity index is 917. The second kappa shape index (κ2) is 5.91. The lowest BCUT2D eigenvalue weighted by Crippen LogP contribution is -2.23. The number of nitrogens with zero attached hydrogens (tertiary/aromatic N) is 5. The van der Waals surface area contributed by atoms with E-state index in [-0.39, 0.29) is 12.4 Å². The Hall–Kier alpha value is -2.17. The monoisotopic (exact) mass is 415 g/mol. The summed E-state index contributed by atoms with van der Waals surface area (Å²) in [6.07, 6.45) is 0. The summed E-state index contributed by atoms with van der Waals surface area (Å²) in [6.45, 7) is 2.01. The number of tetrazole rings is 1. The first-order valence-electron chi connectivity index (χ1n) is 6.81. The zero-order valence-electron chi connectivity index (χ0n) is 12.8. The van der Waals surface area contributed by atoms with Crippen molar-refractivity contribution in [1.82, 2.24) is 24.9 Å². The largest absolute Gasteiger partial charge is 0.488 e. The smallest absolute Gasteiger partial charge is 0.369 e. The third-order valence-corrected chi connectivity index (χ3v) is 3.88. The van der Waals surface area contributed by atoms with E-state index in [1.165, 1.54) is 7.05 Å². The van der Waals surface area contributed by atoms with Crippen LogP contribution in [0.3, 0.4) is 0 Å². The maximum Gasteiger partial charge on any atom is 0.369 e. The van der Waals surface area contributed by atoms with Gasteiger partial charge in [0.25, 0.3) is 0 Å². The lowest BCUT2D eigenvalue weighted by atomic mass is 10.2. The number of hydrogen-bond donors (Lipinski definition) is 0. The van der Waals surface area contributed by atoms with Crippen molar-refractivity contribution in [2.45, 2.75) is 13.5 Å². The number of benzene rings is 1. The topological polar surface area (TPSA) is 88.0 Å². The van der Waals surface area contributed by atoms with E-state index in [0.29, 0.717) is 21.1 Å². The van der Waals surface area contributed by atoms with Crippen LogP contribution in [-0.4, -0.2) is 24.9 Å². The molecule has 2 aromatic heterocycles. The van der Waals surface area contributed by atoms with Crippen molar-refractivity contribution in [2.75, 3.05) is 0 Å². The molecule has 2 heterocycles. The number of hydrogen-bond acceptors (Lipinski definition) is 6. The summed E-state index contributed by atoms with van der Waals surface area (Å²) in [5, 5.41) is 11.3. The molecule has 0 atom stereocenters. The lowest BCUT2D eigenvalue weighted by molar-refractivity contribution is 0.299. The van der Waals surface area contributed by atoms with Crippen LogP contribution in [0.5, 0.6) is 5.75 Å². The molecule has 0 spiro atoms. The quantitative estimate of drug-likeness (QED) is 0.600. The summed E-state index contributed by atoms with van der Waals surface area (Å²) in [4.78, 5) is 12.0. The molecule has 0 saturated carbocycles. The normalized spacial score (nSPS) is 11.5. The molecule has 0 aliphatic carbocycles. The van der Waals surface area contributed by atoms with Gasteiger partial charge in [0.15, 0.2) is 0 Å². The van der Waals surface area contributed by atoms with Crippen LogP contribution in [0.25, 0.3) is 5.82 Å². The summed E-state index contributed by atoms with van der Waals surface area (Å²) < 4.78 is 21.1. The molecule has 9 heteroatoms. The summed E-state index contributed by atoms with van der Waals surface area (Å²) in [5.41, 5.74) is 1.02. The third kappa shape index (κ3) is 2.63. The molecule has 0 amide bonds. The van der Waals surface area contributed by atoms with Gasteiger partial charge in [0.2, 0.25) is 9.58 Å². The summed E-state index contributed by atoms with van der Waals surface area (Å²) in [7, 11) is 1.50. The first kappa shape index (κ1) is 13.5. The number of para-hydroxylation sites is 1. The van der Waals surface area contributed by atoms with Gasteiger partial charge in [-0.15, -0.1) is 4.68 Å². The van der Waals surface area contributed by atoms with Crippen molar-refractivity contribution >= 4 is 22.6 Å². The highest BCUT2D eigenvalue weighted by molar-refractivity contribution is 14.1. The van der Waals surface area contributed by atoms with Crippen molar-refractivity contribution in [3.8, 4) is 11.6 Å². The Balaban J connectivity index is 1.90. The molecule has 0 saturated heterocycles. The second-order valence-corrected chi connectivity index (χ2v) is 5.52. The molecule has 0 unspecified atom stereocenters. The summed E-state index contributed by atoms with van der Waals surface area (Å²) in [5.74, 6) is 0.901. The van der Waals surface area contributed by atoms with E-state index in [4.69, 9.17) is 10.6 Å². The van der Waals surface area contributed by atoms with Crippen LogP contribution in [0.4, 0.5) is 0 Å². The van der Waals surface area contributed by atoms with Crippen molar-refractivity contribution in [1.29, 1.82) is 0 Å². The Morgan fingerprint density at radius 2 is 2.27 bits per heavy atom. The molecule has 0 aliphatic heterocycles. The second-order valence-electron chi connectivity index (χ2n) is 4.54. The minimum Gasteiger partial charge on any atom is -0.488 e. The van der Waals surface area contributed by atoms with Crippen LogP contribution in [0.15, 0.2) is 33.6 Å². The first-order chi connectivity index (χ1) is 11.0. The van der Waals surface area contributed by atoms with Gasteiger partial charge in [0.05, 0.1) is 6.93 Å². The molecule has 0 fully saturated rings. The van der Waals surface area contributed by atoms with Gasteiger partial charge >= 0.3 is 5.69 Å². The molecule has 0 N–H and O–H groups in total. The Kier molecular flexibility index (Phi) is 3.62. The highest BCUT2D eigenvalue weighted by Crippen LogP contribution is 2.23. The van der Waals surface area contributed by atoms with Crippen LogP contribution in [0, 0.1) is 10.7 Å². The van der Waals surface area contributed by atoms with E-state index in [0.717, 1.165) is 14.9 Å². The van der Waals surface area contributed by atoms with Crippen molar-refractivity contribution < 1.29 is 10.6 Å². The van der Waals surface area contributed by atoms with E-state index in [1.54, 1.807) is 18.2 Å². The molecule has 0 radical (unpaired) electrons. The predicted octanol–water partition coefficient (Wildman–Crippen LogP) is 1.45. The Morgan fingerprint density at radius 3 is 2.95 bits per heavy atom. The fourth-order valence-corrected chi connectivity index (χ4v) is 2.32. The zero-order valence-corrected chi connectivity index (χ0v) is 13.9. The number of aromatic nitrogens is 5. The molecule has 3 rings (SSSR count). The highest BCUT2D eigenvalue weighted by Gasteiger charge is 2.20. The number of ether oxygens (including phenoxy) is 1. The van der Waals surface area contributed by atoms with Crippen molar-refractivity contribution in [2.24, 2.45) is 7.05 Å². The first-order valence-corrected chi connectivity index (χ1v) is 7.38. The van der Waals surface area contributed by atoms with Gasteiger partial charge in [-0.05, 0) is 29.0 Å². The molecule has 22 heavy (non-hydrogen) atoms. The van der Waals surface area contributed by atoms with Crippen LogP contribution >= 0.6 is 22.6 Å². The molecule has 0 bridgehead atoms. The molecule has 3 aromatic rings. The van der Waals surface area contributed by atoms with Gasteiger partial charge in [-0.3, -0.25) is 0 Å². The minimum absolute atomic E-state index is 0.151. The van der Waals surface area contributed by atoms with Crippen molar-refractivity contribution in [3.05, 3.63) is 49.6 Å². The third-order valence-electron chi connectivity index (χ3n) is 3.03. The predicted molar refractivity (Wildman–Crippen MR) is 84.9 cm³/mol. The Labute approximate surface area is 140 Å². The Morgan fingerprint density at radius 1 is 1.45 bits per heavy atom. The average molecular weight is 415 g/mol. The lowest BCUT2D eigenvalue weighted by Gasteiger charge is -2.08. The van der Waals surface area contributed by atoms with E-state index in [9.17, 15) is 4.79 Å². The van der Waals surface area contributed by atoms with Gasteiger partial charge in [0.1, 0.15) is 12.4 Å². The van der Waals surface area contributed by atoms with Crippen LogP contribution in [0.2, 0.25) is 0 Å². The number of halogens is 1. The van der Waals surface area contributed by atoms with E-state index < -0.39 is 5.69 Å². The molecule has 1 aromatic carbocycles. The van der Waals surface area contributed by atoms with Crippen molar-refractivity contribution in [3.63, 3.8) is 0 Å².